The Bertz CT molecular complexity index is 347. The van der Waals surface area contributed by atoms with E-state index in [-0.39, 0.29) is 11.9 Å². The first-order chi connectivity index (χ1) is 6.54. The van der Waals surface area contributed by atoms with Crippen molar-refractivity contribution in [2.75, 3.05) is 0 Å². The number of nitrogens with two attached hydrogens (primary N) is 1. The Morgan fingerprint density at radius 2 is 2.21 bits per heavy atom. The van der Waals surface area contributed by atoms with Crippen LogP contribution in [0.2, 0.25) is 0 Å². The molecule has 0 heterocycles. The minimum Gasteiger partial charge on any atom is -0.328 e. The summed E-state index contributed by atoms with van der Waals surface area (Å²) in [5.74, 6) is -0.347. The largest absolute Gasteiger partial charge is 0.328 e. The maximum absolute atomic E-state index is 13.1. The van der Waals surface area contributed by atoms with Gasteiger partial charge in [0, 0.05) is 11.6 Å². The fourth-order valence-electron chi connectivity index (χ4n) is 1.39. The Morgan fingerprint density at radius 1 is 1.57 bits per heavy atom. The number of hydrogen-bond donors (Lipinski definition) is 1. The summed E-state index contributed by atoms with van der Waals surface area (Å²) in [7, 11) is 0. The van der Waals surface area contributed by atoms with Crippen LogP contribution in [0.15, 0.2) is 12.1 Å². The number of carbonyl (C=O) groups is 1. The van der Waals surface area contributed by atoms with Gasteiger partial charge in [0.1, 0.15) is 12.1 Å². The standard InChI is InChI=1S/C11H14FNO/c1-7-3-9(4-8(2)13)10(6-14)5-11(7)12/h3,5-6,8H,4,13H2,1-2H3. The molecular weight excluding hydrogens is 181 g/mol. The van der Waals surface area contributed by atoms with Crippen molar-refractivity contribution in [3.63, 3.8) is 0 Å². The minimum atomic E-state index is -0.347. The predicted molar refractivity (Wildman–Crippen MR) is 53.9 cm³/mol. The zero-order valence-corrected chi connectivity index (χ0v) is 8.38. The Balaban J connectivity index is 3.13. The van der Waals surface area contributed by atoms with Gasteiger partial charge in [0.05, 0.1) is 0 Å². The van der Waals surface area contributed by atoms with Gasteiger partial charge in [-0.1, -0.05) is 6.07 Å². The second kappa shape index (κ2) is 4.33. The molecule has 0 spiro atoms. The van der Waals surface area contributed by atoms with Gasteiger partial charge < -0.3 is 5.73 Å². The summed E-state index contributed by atoms with van der Waals surface area (Å²) in [5.41, 5.74) is 7.38. The Morgan fingerprint density at radius 3 is 2.71 bits per heavy atom. The zero-order valence-electron chi connectivity index (χ0n) is 8.38. The molecule has 0 aliphatic rings. The fourth-order valence-corrected chi connectivity index (χ4v) is 1.39. The molecule has 0 saturated heterocycles. The first-order valence-electron chi connectivity index (χ1n) is 4.54. The highest BCUT2D eigenvalue weighted by atomic mass is 19.1. The summed E-state index contributed by atoms with van der Waals surface area (Å²) in [6.07, 6.45) is 1.26. The van der Waals surface area contributed by atoms with Gasteiger partial charge in [-0.25, -0.2) is 4.39 Å². The first-order valence-corrected chi connectivity index (χ1v) is 4.54. The van der Waals surface area contributed by atoms with Gasteiger partial charge in [0.2, 0.25) is 0 Å². The summed E-state index contributed by atoms with van der Waals surface area (Å²) < 4.78 is 13.1. The van der Waals surface area contributed by atoms with Crippen LogP contribution in [0.3, 0.4) is 0 Å². The summed E-state index contributed by atoms with van der Waals surface area (Å²) in [6.45, 7) is 3.53. The van der Waals surface area contributed by atoms with E-state index in [1.165, 1.54) is 6.07 Å². The first kappa shape index (κ1) is 10.9. The van der Waals surface area contributed by atoms with E-state index in [1.54, 1.807) is 13.0 Å². The Hall–Kier alpha value is -1.22. The number of halogens is 1. The average Bonchev–Trinajstić information content (AvgIpc) is 2.10. The number of aldehydes is 1. The van der Waals surface area contributed by atoms with Crippen molar-refractivity contribution in [1.29, 1.82) is 0 Å². The van der Waals surface area contributed by atoms with Crippen molar-refractivity contribution in [3.8, 4) is 0 Å². The number of carbonyl (C=O) groups excluding carboxylic acids is 1. The second-order valence-corrected chi connectivity index (χ2v) is 3.60. The van der Waals surface area contributed by atoms with Crippen LogP contribution in [0.25, 0.3) is 0 Å². The van der Waals surface area contributed by atoms with Crippen LogP contribution in [0, 0.1) is 12.7 Å². The molecule has 0 radical (unpaired) electrons. The summed E-state index contributed by atoms with van der Waals surface area (Å²) in [5, 5.41) is 0. The number of benzene rings is 1. The molecule has 0 aliphatic heterocycles. The highest BCUT2D eigenvalue weighted by Gasteiger charge is 2.08. The monoisotopic (exact) mass is 195 g/mol. The topological polar surface area (TPSA) is 43.1 Å². The van der Waals surface area contributed by atoms with Crippen molar-refractivity contribution in [3.05, 3.63) is 34.6 Å². The molecule has 2 N–H and O–H groups in total. The number of rotatable bonds is 3. The third kappa shape index (κ3) is 2.39. The van der Waals surface area contributed by atoms with Gasteiger partial charge in [-0.05, 0) is 37.5 Å². The third-order valence-electron chi connectivity index (χ3n) is 2.09. The van der Waals surface area contributed by atoms with Crippen LogP contribution >= 0.6 is 0 Å². The predicted octanol–water partition coefficient (Wildman–Crippen LogP) is 1.84. The summed E-state index contributed by atoms with van der Waals surface area (Å²) >= 11 is 0. The van der Waals surface area contributed by atoms with Crippen LogP contribution in [-0.2, 0) is 6.42 Å². The van der Waals surface area contributed by atoms with Gasteiger partial charge >= 0.3 is 0 Å². The van der Waals surface area contributed by atoms with Crippen molar-refractivity contribution in [2.24, 2.45) is 5.73 Å². The maximum atomic E-state index is 13.1. The van der Waals surface area contributed by atoms with Crippen molar-refractivity contribution in [2.45, 2.75) is 26.3 Å². The van der Waals surface area contributed by atoms with E-state index in [0.717, 1.165) is 5.56 Å². The molecule has 3 heteroatoms. The molecule has 0 aliphatic carbocycles. The van der Waals surface area contributed by atoms with E-state index < -0.39 is 0 Å². The molecule has 0 bridgehead atoms. The second-order valence-electron chi connectivity index (χ2n) is 3.60. The molecule has 1 unspecified atom stereocenters. The van der Waals surface area contributed by atoms with E-state index in [0.29, 0.717) is 23.8 Å². The Labute approximate surface area is 82.9 Å². The molecule has 0 saturated carbocycles. The fraction of sp³-hybridized carbons (Fsp3) is 0.364. The van der Waals surface area contributed by atoms with Crippen molar-refractivity contribution in [1.82, 2.24) is 0 Å². The molecule has 1 aromatic rings. The van der Waals surface area contributed by atoms with E-state index in [1.807, 2.05) is 6.92 Å². The smallest absolute Gasteiger partial charge is 0.150 e. The van der Waals surface area contributed by atoms with Gasteiger partial charge in [-0.3, -0.25) is 4.79 Å². The van der Waals surface area contributed by atoms with Crippen LogP contribution in [0.4, 0.5) is 4.39 Å². The minimum absolute atomic E-state index is 0.0291. The van der Waals surface area contributed by atoms with Gasteiger partial charge in [-0.2, -0.15) is 0 Å². The van der Waals surface area contributed by atoms with E-state index >= 15 is 0 Å². The lowest BCUT2D eigenvalue weighted by Crippen LogP contribution is -2.19. The van der Waals surface area contributed by atoms with E-state index in [9.17, 15) is 9.18 Å². The highest BCUT2D eigenvalue weighted by Crippen LogP contribution is 2.15. The SMILES string of the molecule is Cc1cc(CC(C)N)c(C=O)cc1F. The van der Waals surface area contributed by atoms with Crippen molar-refractivity contribution >= 4 is 6.29 Å². The molecule has 1 atom stereocenters. The summed E-state index contributed by atoms with van der Waals surface area (Å²) in [6, 6.07) is 2.92. The molecule has 76 valence electrons. The molecule has 1 rings (SSSR count). The normalized spacial score (nSPS) is 12.6. The number of aryl methyl sites for hydroxylation is 1. The van der Waals surface area contributed by atoms with Gasteiger partial charge in [0.25, 0.3) is 0 Å². The molecule has 1 aromatic carbocycles. The Kier molecular flexibility index (Phi) is 3.36. The molecule has 2 nitrogen and oxygen atoms in total. The molecular formula is C11H14FNO. The quantitative estimate of drug-likeness (QED) is 0.748. The van der Waals surface area contributed by atoms with Gasteiger partial charge in [-0.15, -0.1) is 0 Å². The van der Waals surface area contributed by atoms with Crippen molar-refractivity contribution < 1.29 is 9.18 Å². The lowest BCUT2D eigenvalue weighted by Gasteiger charge is -2.09. The molecule has 0 amide bonds. The van der Waals surface area contributed by atoms with Crippen LogP contribution in [0.1, 0.15) is 28.4 Å². The molecule has 0 aromatic heterocycles. The zero-order chi connectivity index (χ0) is 10.7. The van der Waals surface area contributed by atoms with Crippen LogP contribution in [0.5, 0.6) is 0 Å². The number of hydrogen-bond acceptors (Lipinski definition) is 2. The molecule has 14 heavy (non-hydrogen) atoms. The average molecular weight is 195 g/mol. The lowest BCUT2D eigenvalue weighted by atomic mass is 9.99. The highest BCUT2D eigenvalue weighted by molar-refractivity contribution is 5.77. The molecule has 0 fully saturated rings. The summed E-state index contributed by atoms with van der Waals surface area (Å²) in [4.78, 5) is 10.7. The van der Waals surface area contributed by atoms with Gasteiger partial charge in [0.15, 0.2) is 0 Å². The van der Waals surface area contributed by atoms with Crippen LogP contribution < -0.4 is 5.73 Å². The van der Waals surface area contributed by atoms with E-state index in [2.05, 4.69) is 0 Å². The third-order valence-corrected chi connectivity index (χ3v) is 2.09. The lowest BCUT2D eigenvalue weighted by molar-refractivity contribution is 0.112. The van der Waals surface area contributed by atoms with Crippen LogP contribution in [-0.4, -0.2) is 12.3 Å². The maximum Gasteiger partial charge on any atom is 0.150 e. The van der Waals surface area contributed by atoms with E-state index in [4.69, 9.17) is 5.73 Å².